The first kappa shape index (κ1) is 22.5. The Balaban J connectivity index is 3.69. The first-order chi connectivity index (χ1) is 11.2. The fourth-order valence-corrected chi connectivity index (χ4v) is 3.31. The van der Waals surface area contributed by atoms with Crippen LogP contribution in [0.15, 0.2) is 11.5 Å². The van der Waals surface area contributed by atoms with Crippen molar-refractivity contribution >= 4 is 8.80 Å². The molecular formula is C18H40N2O2Si. The molecule has 0 bridgehead atoms. The summed E-state index contributed by atoms with van der Waals surface area (Å²) in [7, 11) is 2.85. The Labute approximate surface area is 146 Å². The summed E-state index contributed by atoms with van der Waals surface area (Å²) in [4.78, 5) is 0. The summed E-state index contributed by atoms with van der Waals surface area (Å²) < 4.78 is 10.2. The molecule has 0 radical (unpaired) electrons. The molecular weight excluding hydrogens is 304 g/mol. The van der Waals surface area contributed by atoms with Crippen LogP contribution in [0.4, 0.5) is 0 Å². The summed E-state index contributed by atoms with van der Waals surface area (Å²) in [5, 5.41) is 7.17. The lowest BCUT2D eigenvalue weighted by atomic mass is 10.2. The molecule has 0 fully saturated rings. The van der Waals surface area contributed by atoms with Crippen LogP contribution in [0.3, 0.4) is 0 Å². The van der Waals surface area contributed by atoms with E-state index in [4.69, 9.17) is 9.47 Å². The van der Waals surface area contributed by atoms with E-state index in [9.17, 15) is 0 Å². The zero-order valence-corrected chi connectivity index (χ0v) is 17.1. The highest BCUT2D eigenvalue weighted by atomic mass is 28.3. The van der Waals surface area contributed by atoms with Crippen molar-refractivity contribution < 1.29 is 9.47 Å². The number of nitrogens with one attached hydrogen (secondary N) is 2. The van der Waals surface area contributed by atoms with Gasteiger partial charge in [0.1, 0.15) is 0 Å². The van der Waals surface area contributed by atoms with Gasteiger partial charge in [-0.15, -0.1) is 0 Å². The SMILES string of the molecule is COCCCCCCNC(=C[SiH](C)C)NCCCCCCOC. The number of methoxy groups -OCH3 is 2. The van der Waals surface area contributed by atoms with Crippen LogP contribution in [0, 0.1) is 0 Å². The third-order valence-electron chi connectivity index (χ3n) is 3.68. The molecule has 23 heavy (non-hydrogen) atoms. The van der Waals surface area contributed by atoms with Crippen LogP contribution in [0.25, 0.3) is 0 Å². The fourth-order valence-electron chi connectivity index (χ4n) is 2.41. The number of ether oxygens (including phenoxy) is 2. The van der Waals surface area contributed by atoms with E-state index in [0.717, 1.165) is 26.3 Å². The Morgan fingerprint density at radius 3 is 1.57 bits per heavy atom. The molecule has 2 N–H and O–H groups in total. The minimum atomic E-state index is -0.697. The van der Waals surface area contributed by atoms with Crippen LogP contribution >= 0.6 is 0 Å². The molecule has 0 aliphatic heterocycles. The predicted molar refractivity (Wildman–Crippen MR) is 104 cm³/mol. The van der Waals surface area contributed by atoms with Gasteiger partial charge in [0, 0.05) is 40.5 Å². The summed E-state index contributed by atoms with van der Waals surface area (Å²) in [6, 6.07) is 0. The monoisotopic (exact) mass is 344 g/mol. The largest absolute Gasteiger partial charge is 0.385 e. The van der Waals surface area contributed by atoms with E-state index in [1.54, 1.807) is 14.2 Å². The van der Waals surface area contributed by atoms with E-state index < -0.39 is 8.80 Å². The second-order valence-electron chi connectivity index (χ2n) is 6.49. The number of hydrogen-bond donors (Lipinski definition) is 2. The van der Waals surface area contributed by atoms with Gasteiger partial charge in [0.15, 0.2) is 0 Å². The van der Waals surface area contributed by atoms with Crippen molar-refractivity contribution in [3.8, 4) is 0 Å². The first-order valence-corrected chi connectivity index (χ1v) is 12.4. The molecule has 4 nitrogen and oxygen atoms in total. The third kappa shape index (κ3) is 17.7. The van der Waals surface area contributed by atoms with Crippen LogP contribution in [-0.4, -0.2) is 49.3 Å². The number of rotatable bonds is 17. The van der Waals surface area contributed by atoms with Crippen LogP contribution in [0.1, 0.15) is 51.4 Å². The van der Waals surface area contributed by atoms with E-state index in [1.165, 1.54) is 57.2 Å². The summed E-state index contributed by atoms with van der Waals surface area (Å²) in [5.41, 5.74) is 2.43. The second-order valence-corrected chi connectivity index (χ2v) is 9.31. The van der Waals surface area contributed by atoms with Crippen molar-refractivity contribution in [2.24, 2.45) is 0 Å². The molecule has 0 saturated heterocycles. The molecule has 0 heterocycles. The number of hydrogen-bond acceptors (Lipinski definition) is 4. The molecule has 0 unspecified atom stereocenters. The van der Waals surface area contributed by atoms with Crippen molar-refractivity contribution in [3.63, 3.8) is 0 Å². The van der Waals surface area contributed by atoms with Crippen molar-refractivity contribution in [3.05, 3.63) is 11.5 Å². The average molecular weight is 345 g/mol. The molecule has 0 aromatic heterocycles. The third-order valence-corrected chi connectivity index (χ3v) is 4.68. The summed E-state index contributed by atoms with van der Waals surface area (Å²) in [6.07, 6.45) is 9.92. The Morgan fingerprint density at radius 2 is 1.17 bits per heavy atom. The van der Waals surface area contributed by atoms with Gasteiger partial charge in [0.2, 0.25) is 0 Å². The van der Waals surface area contributed by atoms with Gasteiger partial charge in [-0.05, 0) is 25.7 Å². The zero-order valence-electron chi connectivity index (χ0n) is 16.0. The van der Waals surface area contributed by atoms with Gasteiger partial charge in [0.05, 0.1) is 14.6 Å². The van der Waals surface area contributed by atoms with Crippen LogP contribution in [-0.2, 0) is 9.47 Å². The lowest BCUT2D eigenvalue weighted by Gasteiger charge is -2.15. The van der Waals surface area contributed by atoms with Crippen LogP contribution < -0.4 is 10.6 Å². The minimum absolute atomic E-state index is 0.697. The van der Waals surface area contributed by atoms with Crippen molar-refractivity contribution in [1.82, 2.24) is 10.6 Å². The van der Waals surface area contributed by atoms with Crippen LogP contribution in [0.5, 0.6) is 0 Å². The van der Waals surface area contributed by atoms with Crippen LogP contribution in [0.2, 0.25) is 13.1 Å². The lowest BCUT2D eigenvalue weighted by molar-refractivity contribution is 0.192. The summed E-state index contributed by atoms with van der Waals surface area (Å²) >= 11 is 0. The minimum Gasteiger partial charge on any atom is -0.385 e. The Kier molecular flexibility index (Phi) is 17.4. The van der Waals surface area contributed by atoms with Crippen molar-refractivity contribution in [1.29, 1.82) is 0 Å². The van der Waals surface area contributed by atoms with Gasteiger partial charge in [0.25, 0.3) is 0 Å². The van der Waals surface area contributed by atoms with Crippen molar-refractivity contribution in [2.45, 2.75) is 64.5 Å². The standard InChI is InChI=1S/C18H40N2O2Si/c1-21-15-11-7-5-9-13-19-18(17-23(3)4)20-14-10-6-8-12-16-22-2/h17,19-20,23H,5-16H2,1-4H3. The Bertz CT molecular complexity index is 254. The second kappa shape index (κ2) is 17.8. The van der Waals surface area contributed by atoms with Gasteiger partial charge in [-0.2, -0.15) is 0 Å². The maximum absolute atomic E-state index is 5.08. The summed E-state index contributed by atoms with van der Waals surface area (Å²) in [5.74, 6) is 1.26. The van der Waals surface area contributed by atoms with E-state index in [2.05, 4.69) is 29.4 Å². The molecule has 0 rings (SSSR count). The van der Waals surface area contributed by atoms with Gasteiger partial charge >= 0.3 is 0 Å². The molecule has 0 aromatic rings. The highest BCUT2D eigenvalue weighted by Crippen LogP contribution is 2.01. The van der Waals surface area contributed by atoms with E-state index in [0.29, 0.717) is 0 Å². The molecule has 0 atom stereocenters. The Morgan fingerprint density at radius 1 is 0.739 bits per heavy atom. The molecule has 0 aromatic carbocycles. The van der Waals surface area contributed by atoms with Crippen molar-refractivity contribution in [2.75, 3.05) is 40.5 Å². The quantitative estimate of drug-likeness (QED) is 0.313. The average Bonchev–Trinajstić information content (AvgIpc) is 2.52. The highest BCUT2D eigenvalue weighted by molar-refractivity contribution is 6.61. The molecule has 5 heteroatoms. The maximum atomic E-state index is 5.08. The smallest absolute Gasteiger partial charge is 0.0902 e. The van der Waals surface area contributed by atoms with E-state index >= 15 is 0 Å². The summed E-state index contributed by atoms with van der Waals surface area (Å²) in [6.45, 7) is 8.65. The molecule has 0 aliphatic carbocycles. The predicted octanol–water partition coefficient (Wildman–Crippen LogP) is 3.45. The van der Waals surface area contributed by atoms with Gasteiger partial charge < -0.3 is 20.1 Å². The molecule has 0 spiro atoms. The number of unbranched alkanes of at least 4 members (excludes halogenated alkanes) is 6. The lowest BCUT2D eigenvalue weighted by Crippen LogP contribution is -2.29. The molecule has 0 aliphatic rings. The molecule has 0 saturated carbocycles. The normalized spacial score (nSPS) is 10.8. The van der Waals surface area contributed by atoms with E-state index in [1.807, 2.05) is 0 Å². The molecule has 0 amide bonds. The van der Waals surface area contributed by atoms with E-state index in [-0.39, 0.29) is 0 Å². The highest BCUT2D eigenvalue weighted by Gasteiger charge is 1.99. The topological polar surface area (TPSA) is 42.5 Å². The van der Waals surface area contributed by atoms with Gasteiger partial charge in [-0.25, -0.2) is 0 Å². The zero-order chi connectivity index (χ0) is 17.2. The first-order valence-electron chi connectivity index (χ1n) is 9.38. The fraction of sp³-hybridized carbons (Fsp3) is 0.889. The molecule has 138 valence electrons. The van der Waals surface area contributed by atoms with Gasteiger partial charge in [-0.3, -0.25) is 0 Å². The van der Waals surface area contributed by atoms with Gasteiger partial charge in [-0.1, -0.05) is 44.5 Å². The Hall–Kier alpha value is -0.523. The maximum Gasteiger partial charge on any atom is 0.0902 e.